The van der Waals surface area contributed by atoms with Crippen LogP contribution in [0.4, 0.5) is 5.82 Å². The van der Waals surface area contributed by atoms with Gasteiger partial charge in [0.15, 0.2) is 0 Å². The maximum atomic E-state index is 5.98. The predicted molar refractivity (Wildman–Crippen MR) is 71.2 cm³/mol. The van der Waals surface area contributed by atoms with E-state index in [-0.39, 0.29) is 0 Å². The number of nitrogens with zero attached hydrogens (tertiary/aromatic N) is 1. The van der Waals surface area contributed by atoms with Gasteiger partial charge < -0.3 is 15.0 Å². The SMILES string of the molecule is COc1cccc(-c2ccc(N)n2C(C)C)c1. The average Bonchev–Trinajstić information content (AvgIpc) is 2.71. The monoisotopic (exact) mass is 230 g/mol. The lowest BCUT2D eigenvalue weighted by molar-refractivity contribution is 0.415. The van der Waals surface area contributed by atoms with E-state index >= 15 is 0 Å². The molecule has 1 aromatic carbocycles. The summed E-state index contributed by atoms with van der Waals surface area (Å²) in [5.74, 6) is 1.65. The first-order chi connectivity index (χ1) is 8.13. The van der Waals surface area contributed by atoms with Crippen LogP contribution in [0.1, 0.15) is 19.9 Å². The Hall–Kier alpha value is -1.90. The van der Waals surface area contributed by atoms with Crippen molar-refractivity contribution in [3.63, 3.8) is 0 Å². The molecule has 2 N–H and O–H groups in total. The molecule has 0 bridgehead atoms. The largest absolute Gasteiger partial charge is 0.497 e. The van der Waals surface area contributed by atoms with Crippen LogP contribution in [-0.2, 0) is 0 Å². The first-order valence-corrected chi connectivity index (χ1v) is 5.74. The predicted octanol–water partition coefficient (Wildman–Crippen LogP) is 3.33. The Morgan fingerprint density at radius 1 is 1.18 bits per heavy atom. The molecule has 0 unspecified atom stereocenters. The van der Waals surface area contributed by atoms with E-state index in [0.717, 1.165) is 22.8 Å². The molecule has 0 saturated heterocycles. The van der Waals surface area contributed by atoms with Crippen molar-refractivity contribution < 1.29 is 4.74 Å². The third kappa shape index (κ3) is 2.13. The Balaban J connectivity index is 2.52. The minimum absolute atomic E-state index is 0.339. The number of hydrogen-bond donors (Lipinski definition) is 1. The van der Waals surface area contributed by atoms with E-state index in [1.54, 1.807) is 7.11 Å². The Morgan fingerprint density at radius 2 is 1.94 bits per heavy atom. The molecule has 3 heteroatoms. The molecule has 0 aliphatic heterocycles. The van der Waals surface area contributed by atoms with Crippen LogP contribution in [0.15, 0.2) is 36.4 Å². The summed E-state index contributed by atoms with van der Waals surface area (Å²) in [5, 5.41) is 0. The standard InChI is InChI=1S/C14H18N2O/c1-10(2)16-13(7-8-14(16)15)11-5-4-6-12(9-11)17-3/h4-10H,15H2,1-3H3. The normalized spacial score (nSPS) is 10.8. The fourth-order valence-electron chi connectivity index (χ4n) is 2.06. The maximum absolute atomic E-state index is 5.98. The van der Waals surface area contributed by atoms with Crippen molar-refractivity contribution in [2.75, 3.05) is 12.8 Å². The van der Waals surface area contributed by atoms with Gasteiger partial charge in [0.2, 0.25) is 0 Å². The maximum Gasteiger partial charge on any atom is 0.119 e. The Labute approximate surface area is 102 Å². The Morgan fingerprint density at radius 3 is 2.59 bits per heavy atom. The lowest BCUT2D eigenvalue weighted by atomic mass is 10.1. The highest BCUT2D eigenvalue weighted by atomic mass is 16.5. The summed E-state index contributed by atoms with van der Waals surface area (Å²) in [4.78, 5) is 0. The Bertz CT molecular complexity index is 515. The molecular weight excluding hydrogens is 212 g/mol. The number of benzene rings is 1. The van der Waals surface area contributed by atoms with E-state index in [0.29, 0.717) is 6.04 Å². The van der Waals surface area contributed by atoms with Crippen molar-refractivity contribution in [2.24, 2.45) is 0 Å². The average molecular weight is 230 g/mol. The lowest BCUT2D eigenvalue weighted by Gasteiger charge is -2.15. The molecule has 0 saturated carbocycles. The van der Waals surface area contributed by atoms with E-state index in [1.165, 1.54) is 0 Å². The molecule has 90 valence electrons. The summed E-state index contributed by atoms with van der Waals surface area (Å²) in [7, 11) is 1.68. The van der Waals surface area contributed by atoms with Gasteiger partial charge in [0.1, 0.15) is 11.6 Å². The zero-order chi connectivity index (χ0) is 12.4. The molecule has 1 heterocycles. The van der Waals surface area contributed by atoms with Gasteiger partial charge in [0, 0.05) is 11.6 Å². The molecule has 0 fully saturated rings. The molecule has 0 aliphatic carbocycles. The molecular formula is C14H18N2O. The highest BCUT2D eigenvalue weighted by molar-refractivity contribution is 5.65. The number of anilines is 1. The van der Waals surface area contributed by atoms with E-state index in [9.17, 15) is 0 Å². The molecule has 2 aromatic rings. The van der Waals surface area contributed by atoms with Crippen molar-refractivity contribution in [3.05, 3.63) is 36.4 Å². The minimum atomic E-state index is 0.339. The zero-order valence-electron chi connectivity index (χ0n) is 10.5. The van der Waals surface area contributed by atoms with Crippen LogP contribution in [-0.4, -0.2) is 11.7 Å². The Kier molecular flexibility index (Phi) is 3.09. The van der Waals surface area contributed by atoms with Gasteiger partial charge in [-0.2, -0.15) is 0 Å². The number of methoxy groups -OCH3 is 1. The van der Waals surface area contributed by atoms with Crippen LogP contribution in [0.3, 0.4) is 0 Å². The summed E-state index contributed by atoms with van der Waals surface area (Å²) < 4.78 is 7.36. The fraction of sp³-hybridized carbons (Fsp3) is 0.286. The van der Waals surface area contributed by atoms with E-state index in [1.807, 2.05) is 30.3 Å². The van der Waals surface area contributed by atoms with Crippen LogP contribution in [0.2, 0.25) is 0 Å². The quantitative estimate of drug-likeness (QED) is 0.878. The first-order valence-electron chi connectivity index (χ1n) is 5.74. The van der Waals surface area contributed by atoms with E-state index in [2.05, 4.69) is 24.5 Å². The van der Waals surface area contributed by atoms with Crippen LogP contribution in [0.25, 0.3) is 11.3 Å². The van der Waals surface area contributed by atoms with Gasteiger partial charge in [-0.3, -0.25) is 0 Å². The van der Waals surface area contributed by atoms with Gasteiger partial charge >= 0.3 is 0 Å². The summed E-state index contributed by atoms with van der Waals surface area (Å²) in [6.07, 6.45) is 0. The topological polar surface area (TPSA) is 40.2 Å². The molecule has 0 amide bonds. The van der Waals surface area contributed by atoms with Gasteiger partial charge in [-0.05, 0) is 38.1 Å². The molecule has 0 atom stereocenters. The highest BCUT2D eigenvalue weighted by Crippen LogP contribution is 2.29. The van der Waals surface area contributed by atoms with Crippen molar-refractivity contribution in [3.8, 4) is 17.0 Å². The molecule has 2 rings (SSSR count). The first kappa shape index (κ1) is 11.6. The number of hydrogen-bond acceptors (Lipinski definition) is 2. The van der Waals surface area contributed by atoms with E-state index in [4.69, 9.17) is 10.5 Å². The highest BCUT2D eigenvalue weighted by Gasteiger charge is 2.10. The summed E-state index contributed by atoms with van der Waals surface area (Å²) in [6.45, 7) is 4.25. The third-order valence-electron chi connectivity index (χ3n) is 2.83. The summed E-state index contributed by atoms with van der Waals surface area (Å²) in [5.41, 5.74) is 8.22. The van der Waals surface area contributed by atoms with Crippen molar-refractivity contribution in [1.29, 1.82) is 0 Å². The van der Waals surface area contributed by atoms with Crippen molar-refractivity contribution in [1.82, 2.24) is 4.57 Å². The van der Waals surface area contributed by atoms with Gasteiger partial charge in [-0.15, -0.1) is 0 Å². The van der Waals surface area contributed by atoms with E-state index < -0.39 is 0 Å². The van der Waals surface area contributed by atoms with Crippen LogP contribution < -0.4 is 10.5 Å². The summed E-state index contributed by atoms with van der Waals surface area (Å²) >= 11 is 0. The number of nitrogens with two attached hydrogens (primary N) is 1. The molecule has 17 heavy (non-hydrogen) atoms. The van der Waals surface area contributed by atoms with Gasteiger partial charge in [0.05, 0.1) is 12.8 Å². The summed E-state index contributed by atoms with van der Waals surface area (Å²) in [6, 6.07) is 12.3. The van der Waals surface area contributed by atoms with Crippen LogP contribution in [0, 0.1) is 0 Å². The van der Waals surface area contributed by atoms with Gasteiger partial charge in [-0.1, -0.05) is 12.1 Å². The molecule has 3 nitrogen and oxygen atoms in total. The molecule has 0 radical (unpaired) electrons. The zero-order valence-corrected chi connectivity index (χ0v) is 10.5. The van der Waals surface area contributed by atoms with Gasteiger partial charge in [0.25, 0.3) is 0 Å². The molecule has 0 aliphatic rings. The second-order valence-corrected chi connectivity index (χ2v) is 4.34. The minimum Gasteiger partial charge on any atom is -0.497 e. The van der Waals surface area contributed by atoms with Gasteiger partial charge in [-0.25, -0.2) is 0 Å². The molecule has 1 aromatic heterocycles. The van der Waals surface area contributed by atoms with Crippen molar-refractivity contribution >= 4 is 5.82 Å². The smallest absolute Gasteiger partial charge is 0.119 e. The number of ether oxygens (including phenoxy) is 1. The van der Waals surface area contributed by atoms with Crippen molar-refractivity contribution in [2.45, 2.75) is 19.9 Å². The fourth-order valence-corrected chi connectivity index (χ4v) is 2.06. The van der Waals surface area contributed by atoms with Crippen LogP contribution >= 0.6 is 0 Å². The van der Waals surface area contributed by atoms with Crippen LogP contribution in [0.5, 0.6) is 5.75 Å². The number of nitrogen functional groups attached to an aromatic ring is 1. The third-order valence-corrected chi connectivity index (χ3v) is 2.83. The second-order valence-electron chi connectivity index (χ2n) is 4.34. The second kappa shape index (κ2) is 4.53. The number of rotatable bonds is 3. The number of aromatic nitrogens is 1. The lowest BCUT2D eigenvalue weighted by Crippen LogP contribution is -2.06. The molecule has 0 spiro atoms.